The van der Waals surface area contributed by atoms with Gasteiger partial charge in [0.2, 0.25) is 0 Å². The van der Waals surface area contributed by atoms with E-state index in [1.807, 2.05) is 36.4 Å². The fourth-order valence-corrected chi connectivity index (χ4v) is 4.07. The van der Waals surface area contributed by atoms with Crippen LogP contribution in [-0.2, 0) is 20.1 Å². The number of nitrogens with zero attached hydrogens (tertiary/aromatic N) is 5. The van der Waals surface area contributed by atoms with Crippen molar-refractivity contribution in [2.24, 2.45) is 7.05 Å². The molecule has 0 saturated carbocycles. The molecule has 2 saturated heterocycles. The number of rotatable bonds is 4. The molecule has 0 radical (unpaired) electrons. The van der Waals surface area contributed by atoms with E-state index < -0.39 is 0 Å². The summed E-state index contributed by atoms with van der Waals surface area (Å²) < 4.78 is 1.90. The summed E-state index contributed by atoms with van der Waals surface area (Å²) in [6.07, 6.45) is 10.5. The standard InChI is InChI=1S/C17H23N5/c1-20-11-15(10-19-20)13-22-8-5-16-17(22)4-7-21(16)12-14-3-2-6-18-9-14/h2-3,6,9-11,16-17H,4-5,7-8,12-13H2,1H3/t16-,17+/m1/s1. The summed E-state index contributed by atoms with van der Waals surface area (Å²) in [5.41, 5.74) is 2.66. The molecule has 2 fully saturated rings. The van der Waals surface area contributed by atoms with Gasteiger partial charge in [0, 0.05) is 69.5 Å². The van der Waals surface area contributed by atoms with E-state index in [0.717, 1.165) is 13.1 Å². The molecule has 4 rings (SSSR count). The Hall–Kier alpha value is -1.72. The SMILES string of the molecule is Cn1cc(CN2CC[C@@H]3[C@@H]2CCN3Cc2cccnc2)cn1. The van der Waals surface area contributed by atoms with Gasteiger partial charge in [0.15, 0.2) is 0 Å². The van der Waals surface area contributed by atoms with Crippen LogP contribution in [0.1, 0.15) is 24.0 Å². The third-order valence-electron chi connectivity index (χ3n) is 5.06. The van der Waals surface area contributed by atoms with Crippen LogP contribution in [0.15, 0.2) is 36.9 Å². The Labute approximate surface area is 131 Å². The predicted molar refractivity (Wildman–Crippen MR) is 85.1 cm³/mol. The molecule has 5 nitrogen and oxygen atoms in total. The zero-order chi connectivity index (χ0) is 14.9. The topological polar surface area (TPSA) is 37.2 Å². The lowest BCUT2D eigenvalue weighted by molar-refractivity contribution is 0.212. The van der Waals surface area contributed by atoms with Gasteiger partial charge in [-0.25, -0.2) is 0 Å². The normalized spacial score (nSPS) is 25.7. The number of aryl methyl sites for hydroxylation is 1. The summed E-state index contributed by atoms with van der Waals surface area (Å²) >= 11 is 0. The number of hydrogen-bond donors (Lipinski definition) is 0. The van der Waals surface area contributed by atoms with Crippen molar-refractivity contribution < 1.29 is 0 Å². The van der Waals surface area contributed by atoms with Crippen molar-refractivity contribution in [1.82, 2.24) is 24.6 Å². The Morgan fingerprint density at radius 3 is 2.36 bits per heavy atom. The van der Waals surface area contributed by atoms with Crippen LogP contribution >= 0.6 is 0 Å². The molecule has 0 aromatic carbocycles. The zero-order valence-corrected chi connectivity index (χ0v) is 13.1. The van der Waals surface area contributed by atoms with Crippen LogP contribution in [-0.4, -0.2) is 49.7 Å². The summed E-state index contributed by atoms with van der Waals surface area (Å²) in [7, 11) is 1.99. The van der Waals surface area contributed by atoms with Crippen molar-refractivity contribution in [3.05, 3.63) is 48.0 Å². The number of pyridine rings is 1. The van der Waals surface area contributed by atoms with E-state index in [-0.39, 0.29) is 0 Å². The number of likely N-dealkylation sites (tertiary alicyclic amines) is 2. The van der Waals surface area contributed by atoms with E-state index in [2.05, 4.69) is 32.1 Å². The minimum atomic E-state index is 0.705. The van der Waals surface area contributed by atoms with Crippen LogP contribution in [0.5, 0.6) is 0 Å². The Kier molecular flexibility index (Phi) is 3.68. The Balaban J connectivity index is 1.41. The highest BCUT2D eigenvalue weighted by molar-refractivity contribution is 5.11. The van der Waals surface area contributed by atoms with E-state index >= 15 is 0 Å². The molecular formula is C17H23N5. The van der Waals surface area contributed by atoms with Gasteiger partial charge in [-0.2, -0.15) is 5.10 Å². The van der Waals surface area contributed by atoms with Crippen molar-refractivity contribution in [2.45, 2.75) is 38.0 Å². The van der Waals surface area contributed by atoms with Gasteiger partial charge in [-0.15, -0.1) is 0 Å². The van der Waals surface area contributed by atoms with Crippen molar-refractivity contribution in [3.8, 4) is 0 Å². The molecule has 116 valence electrons. The van der Waals surface area contributed by atoms with E-state index in [1.165, 1.54) is 37.1 Å². The van der Waals surface area contributed by atoms with Gasteiger partial charge in [-0.3, -0.25) is 19.5 Å². The minimum Gasteiger partial charge on any atom is -0.294 e. The highest BCUT2D eigenvalue weighted by Crippen LogP contribution is 2.33. The molecule has 0 bridgehead atoms. The fourth-order valence-electron chi connectivity index (χ4n) is 4.07. The lowest BCUT2D eigenvalue weighted by Crippen LogP contribution is -2.35. The molecule has 2 aliphatic heterocycles. The molecule has 2 atom stereocenters. The predicted octanol–water partition coefficient (Wildman–Crippen LogP) is 1.66. The van der Waals surface area contributed by atoms with Gasteiger partial charge in [0.05, 0.1) is 6.20 Å². The molecule has 0 spiro atoms. The van der Waals surface area contributed by atoms with Crippen molar-refractivity contribution in [2.75, 3.05) is 13.1 Å². The van der Waals surface area contributed by atoms with E-state index in [9.17, 15) is 0 Å². The maximum absolute atomic E-state index is 4.29. The van der Waals surface area contributed by atoms with Gasteiger partial charge in [-0.05, 0) is 24.5 Å². The molecule has 2 aromatic heterocycles. The maximum atomic E-state index is 4.29. The maximum Gasteiger partial charge on any atom is 0.0534 e. The minimum absolute atomic E-state index is 0.705. The fraction of sp³-hybridized carbons (Fsp3) is 0.529. The molecule has 0 N–H and O–H groups in total. The van der Waals surface area contributed by atoms with Gasteiger partial charge in [-0.1, -0.05) is 6.07 Å². The van der Waals surface area contributed by atoms with Gasteiger partial charge in [0.25, 0.3) is 0 Å². The summed E-state index contributed by atoms with van der Waals surface area (Å²) in [5, 5.41) is 4.29. The van der Waals surface area contributed by atoms with Crippen LogP contribution in [0.25, 0.3) is 0 Å². The van der Waals surface area contributed by atoms with Gasteiger partial charge >= 0.3 is 0 Å². The summed E-state index contributed by atoms with van der Waals surface area (Å²) in [5.74, 6) is 0. The molecule has 22 heavy (non-hydrogen) atoms. The average Bonchev–Trinajstić information content (AvgIpc) is 3.21. The molecule has 2 aliphatic rings. The molecular weight excluding hydrogens is 274 g/mol. The van der Waals surface area contributed by atoms with E-state index in [4.69, 9.17) is 0 Å². The first kappa shape index (κ1) is 13.9. The lowest BCUT2D eigenvalue weighted by atomic mass is 10.1. The quantitative estimate of drug-likeness (QED) is 0.860. The first-order valence-electron chi connectivity index (χ1n) is 8.14. The van der Waals surface area contributed by atoms with Crippen LogP contribution in [0.2, 0.25) is 0 Å². The summed E-state index contributed by atoms with van der Waals surface area (Å²) in [6.45, 7) is 4.48. The van der Waals surface area contributed by atoms with Crippen molar-refractivity contribution >= 4 is 0 Å². The van der Waals surface area contributed by atoms with Crippen LogP contribution in [0.3, 0.4) is 0 Å². The van der Waals surface area contributed by atoms with E-state index in [1.54, 1.807) is 0 Å². The molecule has 0 unspecified atom stereocenters. The average molecular weight is 297 g/mol. The third-order valence-corrected chi connectivity index (χ3v) is 5.06. The van der Waals surface area contributed by atoms with Crippen LogP contribution in [0.4, 0.5) is 0 Å². The highest BCUT2D eigenvalue weighted by atomic mass is 15.3. The number of aromatic nitrogens is 3. The molecule has 0 aliphatic carbocycles. The number of fused-ring (bicyclic) bond motifs is 1. The van der Waals surface area contributed by atoms with Crippen LogP contribution < -0.4 is 0 Å². The smallest absolute Gasteiger partial charge is 0.0534 e. The second-order valence-electron chi connectivity index (χ2n) is 6.54. The Morgan fingerprint density at radius 1 is 1.05 bits per heavy atom. The van der Waals surface area contributed by atoms with Gasteiger partial charge in [0.1, 0.15) is 0 Å². The number of hydrogen-bond acceptors (Lipinski definition) is 4. The molecule has 0 amide bonds. The first-order chi connectivity index (χ1) is 10.8. The molecule has 5 heteroatoms. The lowest BCUT2D eigenvalue weighted by Gasteiger charge is -2.25. The monoisotopic (exact) mass is 297 g/mol. The second-order valence-corrected chi connectivity index (χ2v) is 6.54. The first-order valence-corrected chi connectivity index (χ1v) is 8.14. The summed E-state index contributed by atoms with van der Waals surface area (Å²) in [4.78, 5) is 9.53. The second kappa shape index (κ2) is 5.82. The molecule has 4 heterocycles. The van der Waals surface area contributed by atoms with Crippen molar-refractivity contribution in [3.63, 3.8) is 0 Å². The third kappa shape index (κ3) is 2.66. The summed E-state index contributed by atoms with van der Waals surface area (Å²) in [6, 6.07) is 5.63. The largest absolute Gasteiger partial charge is 0.294 e. The van der Waals surface area contributed by atoms with Gasteiger partial charge < -0.3 is 0 Å². The van der Waals surface area contributed by atoms with Crippen molar-refractivity contribution in [1.29, 1.82) is 0 Å². The molecule has 2 aromatic rings. The van der Waals surface area contributed by atoms with E-state index in [0.29, 0.717) is 12.1 Å². The zero-order valence-electron chi connectivity index (χ0n) is 13.1. The van der Waals surface area contributed by atoms with Crippen LogP contribution in [0, 0.1) is 0 Å². The Morgan fingerprint density at radius 2 is 1.77 bits per heavy atom. The Bertz CT molecular complexity index is 623. The highest BCUT2D eigenvalue weighted by Gasteiger charge is 2.42.